The Morgan fingerprint density at radius 2 is 1.11 bits per heavy atom. The van der Waals surface area contributed by atoms with E-state index < -0.39 is 37.7 Å². The second-order valence-corrected chi connectivity index (χ2v) is 23.3. The Balaban J connectivity index is 0.000000170. The van der Waals surface area contributed by atoms with Crippen LogP contribution in [0.4, 0.5) is 14.5 Å². The normalized spacial score (nSPS) is 20.0. The molecular weight excluding hydrogens is 971 g/mol. The highest BCUT2D eigenvalue weighted by Gasteiger charge is 2.40. The van der Waals surface area contributed by atoms with Crippen LogP contribution < -0.4 is 10.2 Å². The highest BCUT2D eigenvalue weighted by atomic mass is 32.2. The van der Waals surface area contributed by atoms with Crippen LogP contribution in [0.3, 0.4) is 0 Å². The van der Waals surface area contributed by atoms with Crippen molar-refractivity contribution < 1.29 is 44.3 Å². The van der Waals surface area contributed by atoms with Gasteiger partial charge >= 0.3 is 0 Å². The van der Waals surface area contributed by atoms with Gasteiger partial charge in [-0.25, -0.2) is 44.2 Å². The summed E-state index contributed by atoms with van der Waals surface area (Å²) in [5.41, 5.74) is 9.02. The number of benzene rings is 3. The molecule has 7 aromatic rings. The summed E-state index contributed by atoms with van der Waals surface area (Å²) in [5.74, 6) is 0.771. The highest BCUT2D eigenvalue weighted by Crippen LogP contribution is 2.43. The summed E-state index contributed by atoms with van der Waals surface area (Å²) in [6.07, 6.45) is 6.93. The summed E-state index contributed by atoms with van der Waals surface area (Å²) in [6.45, 7) is 9.25. The van der Waals surface area contributed by atoms with Crippen LogP contribution in [0.15, 0.2) is 63.6 Å². The van der Waals surface area contributed by atoms with E-state index in [1.54, 1.807) is 0 Å². The quantitative estimate of drug-likeness (QED) is 0.146. The van der Waals surface area contributed by atoms with Gasteiger partial charge in [0.1, 0.15) is 23.2 Å². The minimum atomic E-state index is -3.31. The number of imidazole rings is 2. The summed E-state index contributed by atoms with van der Waals surface area (Å²) in [5, 5.41) is 11.2. The molecule has 2 atom stereocenters. The number of aryl methyl sites for hydroxylation is 4. The predicted octanol–water partition coefficient (Wildman–Crippen LogP) is 7.91. The first-order valence-corrected chi connectivity index (χ1v) is 27.8. The van der Waals surface area contributed by atoms with Crippen LogP contribution in [0.5, 0.6) is 0 Å². The Bertz CT molecular complexity index is 3460. The van der Waals surface area contributed by atoms with Crippen LogP contribution in [0, 0.1) is 39.3 Å². The van der Waals surface area contributed by atoms with E-state index in [1.807, 2.05) is 52.0 Å². The third kappa shape index (κ3) is 9.21. The fourth-order valence-corrected chi connectivity index (χ4v) is 12.9. The second-order valence-electron chi connectivity index (χ2n) is 19.3. The fraction of sp³-hybridized carbons (Fsp3) is 0.440. The molecule has 3 aromatic carbocycles. The summed E-state index contributed by atoms with van der Waals surface area (Å²) in [7, 11) is -6.51. The number of carbonyl (C=O) groups excluding carboxylic acids is 2. The SMILES string of the molecule is Cc1noc(C)c1-c1ccc2c(c1)nc([C@@H]1CCC(=O)N1)n2C1CCN(S(C)(=O)=O)CC1.Cc1noc(C)c1-c1ccc2c(c1)nc([C@@H]1CCC(=O)N1c1ccc(F)c(F)c1)n2C1CCN(S(C)(=O)=O)CC1. The lowest BCUT2D eigenvalue weighted by Crippen LogP contribution is -2.39. The van der Waals surface area contributed by atoms with Crippen LogP contribution in [0.25, 0.3) is 44.3 Å². The van der Waals surface area contributed by atoms with E-state index in [2.05, 4.69) is 36.9 Å². The number of hydrogen-bond donors (Lipinski definition) is 1. The number of carbonyl (C=O) groups is 2. The number of hydrogen-bond acceptors (Lipinski definition) is 12. The van der Waals surface area contributed by atoms with Crippen molar-refractivity contribution in [2.75, 3.05) is 43.6 Å². The van der Waals surface area contributed by atoms with E-state index in [0.717, 1.165) is 73.9 Å². The van der Waals surface area contributed by atoms with E-state index >= 15 is 0 Å². The standard InChI is InChI=1S/C28H29F2N5O4S.C22H27N5O4S/c1-16-27(17(2)39-32-16)18-4-7-24-23(14-18)31-28(35(24)19-10-12-33(13-11-19)40(3,37)38)25-8-9-26(36)34(25)20-5-6-21(29)22(30)15-20;1-13-21(14(2)31-25-13)15-4-6-19-18(12-15)24-22(17-5-7-20(28)23-17)27(19)16-8-10-26(11-9-16)32(3,29)30/h4-7,14-15,19,25H,8-13H2,1-3H3;4,6,12,16-17H,5,7-11H2,1-3H3,(H,23,28)/t25-;17-/m00/s1. The summed E-state index contributed by atoms with van der Waals surface area (Å²) in [6, 6.07) is 15.0. The van der Waals surface area contributed by atoms with Crippen LogP contribution in [0.1, 0.15) is 110 Å². The Kier molecular flexibility index (Phi) is 12.9. The predicted molar refractivity (Wildman–Crippen MR) is 265 cm³/mol. The fourth-order valence-electron chi connectivity index (χ4n) is 11.1. The average molecular weight is 1030 g/mol. The molecule has 4 aliphatic rings. The zero-order valence-corrected chi connectivity index (χ0v) is 42.5. The van der Waals surface area contributed by atoms with Crippen molar-refractivity contribution in [3.63, 3.8) is 0 Å². The van der Waals surface area contributed by atoms with Gasteiger partial charge in [0.05, 0.1) is 58.0 Å². The van der Waals surface area contributed by atoms with Gasteiger partial charge in [-0.15, -0.1) is 0 Å². The van der Waals surface area contributed by atoms with Crippen LogP contribution in [-0.4, -0.2) is 105 Å². The summed E-state index contributed by atoms with van der Waals surface area (Å²) < 4.78 is 94.2. The molecule has 4 aliphatic heterocycles. The van der Waals surface area contributed by atoms with Crippen molar-refractivity contribution in [3.05, 3.63) is 101 Å². The van der Waals surface area contributed by atoms with E-state index in [4.69, 9.17) is 19.0 Å². The number of rotatable bonds is 9. The largest absolute Gasteiger partial charge is 0.361 e. The van der Waals surface area contributed by atoms with Gasteiger partial charge in [-0.2, -0.15) is 0 Å². The van der Waals surface area contributed by atoms with Gasteiger partial charge in [-0.3, -0.25) is 9.59 Å². The summed E-state index contributed by atoms with van der Waals surface area (Å²) in [4.78, 5) is 36.5. The molecule has 0 aliphatic carbocycles. The first-order chi connectivity index (χ1) is 34.2. The maximum Gasteiger partial charge on any atom is 0.227 e. The number of nitrogens with one attached hydrogen (secondary N) is 1. The van der Waals surface area contributed by atoms with Crippen molar-refractivity contribution in [2.45, 2.75) is 103 Å². The summed E-state index contributed by atoms with van der Waals surface area (Å²) >= 11 is 0. The lowest BCUT2D eigenvalue weighted by molar-refractivity contribution is -0.119. The molecule has 72 heavy (non-hydrogen) atoms. The lowest BCUT2D eigenvalue weighted by Gasteiger charge is -2.33. The Hall–Kier alpha value is -6.36. The molecule has 4 aromatic heterocycles. The molecular formula is C50H56F2N10O8S2. The number of piperidine rings is 2. The smallest absolute Gasteiger partial charge is 0.227 e. The number of sulfonamides is 2. The van der Waals surface area contributed by atoms with Crippen LogP contribution >= 0.6 is 0 Å². The molecule has 0 radical (unpaired) electrons. The zero-order chi connectivity index (χ0) is 51.0. The van der Waals surface area contributed by atoms with Gasteiger partial charge in [0.25, 0.3) is 0 Å². The Morgan fingerprint density at radius 3 is 1.56 bits per heavy atom. The topological polar surface area (TPSA) is 212 Å². The van der Waals surface area contributed by atoms with Crippen molar-refractivity contribution in [2.24, 2.45) is 0 Å². The third-order valence-corrected chi connectivity index (χ3v) is 17.2. The Labute approximate surface area is 415 Å². The van der Waals surface area contributed by atoms with Crippen molar-refractivity contribution in [1.29, 1.82) is 0 Å². The van der Waals surface area contributed by atoms with E-state index in [0.29, 0.717) is 88.2 Å². The molecule has 8 heterocycles. The van der Waals surface area contributed by atoms with Crippen LogP contribution in [-0.2, 0) is 29.6 Å². The number of nitrogens with zero attached hydrogens (tertiary/aromatic N) is 9. The highest BCUT2D eigenvalue weighted by molar-refractivity contribution is 7.88. The molecule has 11 rings (SSSR count). The molecule has 4 fully saturated rings. The average Bonchev–Trinajstić information content (AvgIpc) is 4.21. The zero-order valence-electron chi connectivity index (χ0n) is 40.9. The number of anilines is 1. The maximum absolute atomic E-state index is 14.2. The van der Waals surface area contributed by atoms with Crippen molar-refractivity contribution in [3.8, 4) is 22.3 Å². The maximum atomic E-state index is 14.2. The molecule has 18 nitrogen and oxygen atoms in total. The van der Waals surface area contributed by atoms with Crippen molar-refractivity contribution in [1.82, 2.24) is 43.3 Å². The van der Waals surface area contributed by atoms with Gasteiger partial charge in [0.15, 0.2) is 11.6 Å². The number of aromatic nitrogens is 6. The number of fused-ring (bicyclic) bond motifs is 2. The molecule has 0 spiro atoms. The molecule has 22 heteroatoms. The van der Waals surface area contributed by atoms with Crippen LogP contribution in [0.2, 0.25) is 0 Å². The molecule has 0 bridgehead atoms. The minimum absolute atomic E-state index is 0.0388. The minimum Gasteiger partial charge on any atom is -0.361 e. The first-order valence-electron chi connectivity index (χ1n) is 24.1. The van der Waals surface area contributed by atoms with Crippen molar-refractivity contribution >= 4 is 59.6 Å². The van der Waals surface area contributed by atoms with Gasteiger partial charge in [-0.1, -0.05) is 22.4 Å². The van der Waals surface area contributed by atoms with E-state index in [9.17, 15) is 35.2 Å². The lowest BCUT2D eigenvalue weighted by atomic mass is 10.0. The van der Waals surface area contributed by atoms with E-state index in [-0.39, 0.29) is 42.0 Å². The molecule has 0 saturated carbocycles. The third-order valence-electron chi connectivity index (χ3n) is 14.6. The number of halogens is 2. The van der Waals surface area contributed by atoms with Gasteiger partial charge < -0.3 is 28.4 Å². The molecule has 4 saturated heterocycles. The molecule has 0 unspecified atom stereocenters. The Morgan fingerprint density at radius 1 is 0.611 bits per heavy atom. The number of amides is 2. The van der Waals surface area contributed by atoms with Gasteiger partial charge in [0.2, 0.25) is 31.9 Å². The first kappa shape index (κ1) is 49.2. The molecule has 380 valence electrons. The second kappa shape index (κ2) is 18.9. The van der Waals surface area contributed by atoms with Gasteiger partial charge in [-0.05, 0) is 114 Å². The van der Waals surface area contributed by atoms with Gasteiger partial charge in [0, 0.05) is 74.0 Å². The monoisotopic (exact) mass is 1030 g/mol. The molecule has 1 N–H and O–H groups in total. The van der Waals surface area contributed by atoms with E-state index in [1.165, 1.54) is 32.1 Å². The molecule has 2 amide bonds.